The van der Waals surface area contributed by atoms with Gasteiger partial charge in [0.15, 0.2) is 0 Å². The summed E-state index contributed by atoms with van der Waals surface area (Å²) < 4.78 is 6.62. The Hall–Kier alpha value is -2.44. The molecule has 0 radical (unpaired) electrons. The van der Waals surface area contributed by atoms with E-state index in [1.165, 1.54) is 4.68 Å². The SMILES string of the molecule is CCn1nc2c(cc1=O)CN(c1nccc(OC)n1)CC2. The largest absolute Gasteiger partial charge is 0.481 e. The number of methoxy groups -OCH3 is 1. The van der Waals surface area contributed by atoms with Crippen molar-refractivity contribution in [2.24, 2.45) is 0 Å². The van der Waals surface area contributed by atoms with Gasteiger partial charge in [0.1, 0.15) is 0 Å². The van der Waals surface area contributed by atoms with E-state index in [-0.39, 0.29) is 5.56 Å². The van der Waals surface area contributed by atoms with Gasteiger partial charge in [-0.3, -0.25) is 4.79 Å². The van der Waals surface area contributed by atoms with E-state index in [1.807, 2.05) is 11.8 Å². The van der Waals surface area contributed by atoms with Crippen molar-refractivity contribution in [2.45, 2.75) is 26.4 Å². The summed E-state index contributed by atoms with van der Waals surface area (Å²) in [5, 5.41) is 4.41. The number of nitrogens with zero attached hydrogens (tertiary/aromatic N) is 5. The van der Waals surface area contributed by atoms with E-state index in [0.29, 0.717) is 24.9 Å². The average molecular weight is 287 g/mol. The minimum Gasteiger partial charge on any atom is -0.481 e. The Morgan fingerprint density at radius 1 is 1.43 bits per heavy atom. The Balaban J connectivity index is 1.90. The topological polar surface area (TPSA) is 73.1 Å². The molecule has 110 valence electrons. The van der Waals surface area contributed by atoms with Crippen LogP contribution in [0.3, 0.4) is 0 Å². The van der Waals surface area contributed by atoms with Gasteiger partial charge in [0.2, 0.25) is 11.8 Å². The molecular weight excluding hydrogens is 270 g/mol. The number of fused-ring (bicyclic) bond motifs is 1. The number of anilines is 1. The molecule has 7 nitrogen and oxygen atoms in total. The predicted molar refractivity (Wildman–Crippen MR) is 77.5 cm³/mol. The van der Waals surface area contributed by atoms with Crippen molar-refractivity contribution in [3.8, 4) is 5.88 Å². The van der Waals surface area contributed by atoms with Crippen molar-refractivity contribution >= 4 is 5.95 Å². The van der Waals surface area contributed by atoms with Crippen molar-refractivity contribution in [3.05, 3.63) is 39.9 Å². The average Bonchev–Trinajstić information content (AvgIpc) is 2.53. The summed E-state index contributed by atoms with van der Waals surface area (Å²) >= 11 is 0. The summed E-state index contributed by atoms with van der Waals surface area (Å²) in [6.07, 6.45) is 2.44. The molecule has 2 aromatic heterocycles. The molecule has 0 saturated carbocycles. The summed E-state index contributed by atoms with van der Waals surface area (Å²) in [6.45, 7) is 3.87. The molecule has 1 aliphatic rings. The highest BCUT2D eigenvalue weighted by atomic mass is 16.5. The third kappa shape index (κ3) is 2.58. The van der Waals surface area contributed by atoms with Crippen LogP contribution in [0.15, 0.2) is 23.1 Å². The van der Waals surface area contributed by atoms with E-state index in [4.69, 9.17) is 4.74 Å². The van der Waals surface area contributed by atoms with Crippen LogP contribution in [-0.2, 0) is 19.5 Å². The zero-order valence-electron chi connectivity index (χ0n) is 12.1. The fourth-order valence-electron chi connectivity index (χ4n) is 2.43. The summed E-state index contributed by atoms with van der Waals surface area (Å²) in [6, 6.07) is 3.38. The molecule has 2 aromatic rings. The van der Waals surface area contributed by atoms with Gasteiger partial charge in [-0.1, -0.05) is 0 Å². The van der Waals surface area contributed by atoms with Gasteiger partial charge in [-0.2, -0.15) is 10.1 Å². The van der Waals surface area contributed by atoms with Crippen LogP contribution in [0.1, 0.15) is 18.2 Å². The van der Waals surface area contributed by atoms with Gasteiger partial charge in [0, 0.05) is 49.9 Å². The lowest BCUT2D eigenvalue weighted by molar-refractivity contribution is 0.396. The molecular formula is C14H17N5O2. The van der Waals surface area contributed by atoms with Crippen LogP contribution in [0, 0.1) is 0 Å². The van der Waals surface area contributed by atoms with E-state index in [2.05, 4.69) is 15.1 Å². The number of aryl methyl sites for hydroxylation is 1. The van der Waals surface area contributed by atoms with E-state index < -0.39 is 0 Å². The molecule has 0 spiro atoms. The maximum atomic E-state index is 11.9. The first-order valence-electron chi connectivity index (χ1n) is 6.93. The molecule has 21 heavy (non-hydrogen) atoms. The van der Waals surface area contributed by atoms with Gasteiger partial charge in [0.05, 0.1) is 12.8 Å². The van der Waals surface area contributed by atoms with Crippen molar-refractivity contribution in [2.75, 3.05) is 18.6 Å². The molecule has 0 aliphatic carbocycles. The van der Waals surface area contributed by atoms with E-state index in [1.54, 1.807) is 25.4 Å². The van der Waals surface area contributed by atoms with Crippen LogP contribution >= 0.6 is 0 Å². The molecule has 0 amide bonds. The second-order valence-electron chi connectivity index (χ2n) is 4.84. The van der Waals surface area contributed by atoms with Gasteiger partial charge in [-0.05, 0) is 6.92 Å². The molecule has 3 heterocycles. The first kappa shape index (κ1) is 13.5. The fourth-order valence-corrected chi connectivity index (χ4v) is 2.43. The summed E-state index contributed by atoms with van der Waals surface area (Å²) in [5.74, 6) is 1.14. The third-order valence-electron chi connectivity index (χ3n) is 3.55. The van der Waals surface area contributed by atoms with Gasteiger partial charge < -0.3 is 9.64 Å². The van der Waals surface area contributed by atoms with Crippen molar-refractivity contribution in [3.63, 3.8) is 0 Å². The monoisotopic (exact) mass is 287 g/mol. The highest BCUT2D eigenvalue weighted by Gasteiger charge is 2.21. The van der Waals surface area contributed by atoms with Crippen LogP contribution in [-0.4, -0.2) is 33.4 Å². The van der Waals surface area contributed by atoms with Gasteiger partial charge in [0.25, 0.3) is 5.56 Å². The minimum absolute atomic E-state index is 0.0651. The van der Waals surface area contributed by atoms with Gasteiger partial charge in [-0.25, -0.2) is 9.67 Å². The quantitative estimate of drug-likeness (QED) is 0.824. The maximum Gasteiger partial charge on any atom is 0.267 e. The Morgan fingerprint density at radius 2 is 2.29 bits per heavy atom. The van der Waals surface area contributed by atoms with Gasteiger partial charge >= 0.3 is 0 Å². The molecule has 7 heteroatoms. The predicted octanol–water partition coefficient (Wildman–Crippen LogP) is 0.624. The van der Waals surface area contributed by atoms with Crippen molar-refractivity contribution in [1.82, 2.24) is 19.7 Å². The van der Waals surface area contributed by atoms with Gasteiger partial charge in [-0.15, -0.1) is 0 Å². The van der Waals surface area contributed by atoms with E-state index >= 15 is 0 Å². The highest BCUT2D eigenvalue weighted by molar-refractivity contribution is 5.37. The standard InChI is InChI=1S/C14H17N5O2/c1-3-19-13(20)8-10-9-18(7-5-11(10)17-19)14-15-6-4-12(16-14)21-2/h4,6,8H,3,5,7,9H2,1-2H3. The first-order valence-corrected chi connectivity index (χ1v) is 6.93. The van der Waals surface area contributed by atoms with Crippen LogP contribution in [0.25, 0.3) is 0 Å². The smallest absolute Gasteiger partial charge is 0.267 e. The zero-order valence-corrected chi connectivity index (χ0v) is 12.1. The Kier molecular flexibility index (Phi) is 3.55. The number of hydrogen-bond acceptors (Lipinski definition) is 6. The van der Waals surface area contributed by atoms with Crippen LogP contribution in [0.5, 0.6) is 5.88 Å². The maximum absolute atomic E-state index is 11.9. The first-order chi connectivity index (χ1) is 10.2. The van der Waals surface area contributed by atoms with E-state index in [0.717, 1.165) is 24.2 Å². The number of aromatic nitrogens is 4. The minimum atomic E-state index is -0.0651. The fraction of sp³-hybridized carbons (Fsp3) is 0.429. The summed E-state index contributed by atoms with van der Waals surface area (Å²) in [4.78, 5) is 22.5. The second kappa shape index (κ2) is 5.51. The van der Waals surface area contributed by atoms with Crippen molar-refractivity contribution < 1.29 is 4.74 Å². The molecule has 0 bridgehead atoms. The van der Waals surface area contributed by atoms with E-state index in [9.17, 15) is 4.79 Å². The zero-order chi connectivity index (χ0) is 14.8. The Bertz CT molecular complexity index is 713. The second-order valence-corrected chi connectivity index (χ2v) is 4.84. The van der Waals surface area contributed by atoms with Crippen molar-refractivity contribution in [1.29, 1.82) is 0 Å². The summed E-state index contributed by atoms with van der Waals surface area (Å²) in [5.41, 5.74) is 1.86. The van der Waals surface area contributed by atoms with Crippen LogP contribution in [0.2, 0.25) is 0 Å². The molecule has 3 rings (SSSR count). The number of hydrogen-bond donors (Lipinski definition) is 0. The molecule has 0 atom stereocenters. The molecule has 0 aromatic carbocycles. The molecule has 0 saturated heterocycles. The Labute approximate surface area is 122 Å². The molecule has 0 fully saturated rings. The lowest BCUT2D eigenvalue weighted by Crippen LogP contribution is -2.35. The lowest BCUT2D eigenvalue weighted by Gasteiger charge is -2.28. The highest BCUT2D eigenvalue weighted by Crippen LogP contribution is 2.20. The number of ether oxygens (including phenoxy) is 1. The molecule has 0 unspecified atom stereocenters. The Morgan fingerprint density at radius 3 is 3.05 bits per heavy atom. The molecule has 1 aliphatic heterocycles. The number of rotatable bonds is 3. The third-order valence-corrected chi connectivity index (χ3v) is 3.55. The lowest BCUT2D eigenvalue weighted by atomic mass is 10.1. The molecule has 0 N–H and O–H groups in total. The van der Waals surface area contributed by atoms with Crippen LogP contribution in [0.4, 0.5) is 5.95 Å². The summed E-state index contributed by atoms with van der Waals surface area (Å²) in [7, 11) is 1.58. The van der Waals surface area contributed by atoms with Crippen LogP contribution < -0.4 is 15.2 Å². The normalized spacial score (nSPS) is 13.9.